The van der Waals surface area contributed by atoms with E-state index in [4.69, 9.17) is 10.5 Å². The number of nitrogens with zero attached hydrogens (tertiary/aromatic N) is 2. The molecule has 3 aromatic rings. The van der Waals surface area contributed by atoms with Gasteiger partial charge < -0.3 is 10.5 Å². The minimum atomic E-state index is -4.58. The number of rotatable bonds is 4. The number of amides is 1. The first-order chi connectivity index (χ1) is 12.3. The third-order valence-electron chi connectivity index (χ3n) is 3.77. The van der Waals surface area contributed by atoms with Gasteiger partial charge in [-0.2, -0.15) is 13.2 Å². The molecule has 3 rings (SSSR count). The Hall–Kier alpha value is -3.29. The third-order valence-corrected chi connectivity index (χ3v) is 3.77. The molecule has 2 aromatic carbocycles. The monoisotopic (exact) mass is 361 g/mol. The molecule has 0 unspecified atom stereocenters. The van der Waals surface area contributed by atoms with Crippen LogP contribution in [0.4, 0.5) is 13.2 Å². The number of hydrogen-bond acceptors (Lipinski definition) is 3. The molecular formula is C18H14F3N3O2. The van der Waals surface area contributed by atoms with Crippen LogP contribution in [-0.4, -0.2) is 22.6 Å². The van der Waals surface area contributed by atoms with Gasteiger partial charge in [0.15, 0.2) is 5.69 Å². The van der Waals surface area contributed by atoms with Gasteiger partial charge in [0, 0.05) is 23.0 Å². The topological polar surface area (TPSA) is 70.1 Å². The second-order valence-electron chi connectivity index (χ2n) is 5.46. The Morgan fingerprint density at radius 1 is 1.08 bits per heavy atom. The fourth-order valence-corrected chi connectivity index (χ4v) is 2.44. The molecule has 1 amide bonds. The summed E-state index contributed by atoms with van der Waals surface area (Å²) in [6, 6.07) is 12.4. The smallest absolute Gasteiger partial charge is 0.434 e. The number of nitrogens with two attached hydrogens (primary N) is 1. The summed E-state index contributed by atoms with van der Waals surface area (Å²) in [5.74, 6) is 0.0778. The molecule has 134 valence electrons. The SMILES string of the molecule is COc1ccc(-c2nc(C(F)(F)F)cn2-c2ccc(C(N)=O)cc2)cc1. The summed E-state index contributed by atoms with van der Waals surface area (Å²) >= 11 is 0. The van der Waals surface area contributed by atoms with Crippen molar-refractivity contribution in [1.29, 1.82) is 0 Å². The van der Waals surface area contributed by atoms with Gasteiger partial charge in [-0.3, -0.25) is 9.36 Å². The lowest BCUT2D eigenvalue weighted by Crippen LogP contribution is -2.10. The van der Waals surface area contributed by atoms with Crippen molar-refractivity contribution in [2.75, 3.05) is 7.11 Å². The zero-order chi connectivity index (χ0) is 18.9. The minimum absolute atomic E-state index is 0.117. The zero-order valence-electron chi connectivity index (χ0n) is 13.6. The highest BCUT2D eigenvalue weighted by Gasteiger charge is 2.35. The second kappa shape index (κ2) is 6.55. The second-order valence-corrected chi connectivity index (χ2v) is 5.46. The molecule has 26 heavy (non-hydrogen) atoms. The number of methoxy groups -OCH3 is 1. The van der Waals surface area contributed by atoms with Gasteiger partial charge >= 0.3 is 6.18 Å². The van der Waals surface area contributed by atoms with Crippen LogP contribution < -0.4 is 10.5 Å². The highest BCUT2D eigenvalue weighted by Crippen LogP contribution is 2.33. The Labute approximate surface area is 146 Å². The van der Waals surface area contributed by atoms with E-state index in [1.165, 1.54) is 35.9 Å². The standard InChI is InChI=1S/C18H14F3N3O2/c1-26-14-8-4-12(5-9-14)17-23-15(18(19,20)21)10-24(17)13-6-2-11(3-7-13)16(22)25/h2-10H,1H3,(H2,22,25). The Kier molecular flexibility index (Phi) is 4.41. The predicted molar refractivity (Wildman–Crippen MR) is 89.1 cm³/mol. The van der Waals surface area contributed by atoms with Crippen LogP contribution in [0.2, 0.25) is 0 Å². The van der Waals surface area contributed by atoms with E-state index in [1.54, 1.807) is 24.3 Å². The normalized spacial score (nSPS) is 11.4. The van der Waals surface area contributed by atoms with Gasteiger partial charge in [-0.1, -0.05) is 0 Å². The minimum Gasteiger partial charge on any atom is -0.497 e. The maximum atomic E-state index is 13.1. The summed E-state index contributed by atoms with van der Waals surface area (Å²) < 4.78 is 45.8. The van der Waals surface area contributed by atoms with Gasteiger partial charge in [-0.05, 0) is 48.5 Å². The molecule has 0 atom stereocenters. The van der Waals surface area contributed by atoms with E-state index in [0.717, 1.165) is 6.20 Å². The van der Waals surface area contributed by atoms with Crippen LogP contribution in [-0.2, 0) is 6.18 Å². The Balaban J connectivity index is 2.13. The molecular weight excluding hydrogens is 347 g/mol. The number of benzene rings is 2. The highest BCUT2D eigenvalue weighted by atomic mass is 19.4. The number of hydrogen-bond donors (Lipinski definition) is 1. The third kappa shape index (κ3) is 3.39. The van der Waals surface area contributed by atoms with Gasteiger partial charge in [0.05, 0.1) is 7.11 Å². The largest absolute Gasteiger partial charge is 0.497 e. The molecule has 0 aliphatic heterocycles. The fraction of sp³-hybridized carbons (Fsp3) is 0.111. The molecule has 0 bridgehead atoms. The Morgan fingerprint density at radius 3 is 2.19 bits per heavy atom. The van der Waals surface area contributed by atoms with Crippen molar-refractivity contribution in [1.82, 2.24) is 9.55 Å². The number of carbonyl (C=O) groups is 1. The van der Waals surface area contributed by atoms with Gasteiger partial charge in [-0.25, -0.2) is 4.98 Å². The maximum absolute atomic E-state index is 13.1. The van der Waals surface area contributed by atoms with Crippen LogP contribution in [0.5, 0.6) is 5.75 Å². The molecule has 1 aromatic heterocycles. The molecule has 0 aliphatic carbocycles. The van der Waals surface area contributed by atoms with Crippen LogP contribution in [0.1, 0.15) is 16.1 Å². The van der Waals surface area contributed by atoms with Gasteiger partial charge in [-0.15, -0.1) is 0 Å². The number of primary amides is 1. The van der Waals surface area contributed by atoms with Crippen molar-refractivity contribution in [3.63, 3.8) is 0 Å². The summed E-state index contributed by atoms with van der Waals surface area (Å²) in [6.07, 6.45) is -3.67. The maximum Gasteiger partial charge on any atom is 0.434 e. The number of carbonyl (C=O) groups excluding carboxylic acids is 1. The summed E-state index contributed by atoms with van der Waals surface area (Å²) in [4.78, 5) is 14.9. The lowest BCUT2D eigenvalue weighted by Gasteiger charge is -2.09. The van der Waals surface area contributed by atoms with Crippen molar-refractivity contribution in [2.45, 2.75) is 6.18 Å². The van der Waals surface area contributed by atoms with Crippen molar-refractivity contribution < 1.29 is 22.7 Å². The number of imidazole rings is 1. The van der Waals surface area contributed by atoms with E-state index < -0.39 is 17.8 Å². The van der Waals surface area contributed by atoms with Crippen molar-refractivity contribution >= 4 is 5.91 Å². The van der Waals surface area contributed by atoms with E-state index in [9.17, 15) is 18.0 Å². The number of alkyl halides is 3. The average molecular weight is 361 g/mol. The van der Waals surface area contributed by atoms with E-state index in [2.05, 4.69) is 4.98 Å². The van der Waals surface area contributed by atoms with E-state index in [1.807, 2.05) is 0 Å². The van der Waals surface area contributed by atoms with E-state index in [0.29, 0.717) is 17.0 Å². The average Bonchev–Trinajstić information content (AvgIpc) is 3.07. The number of halogens is 3. The molecule has 0 fully saturated rings. The summed E-state index contributed by atoms with van der Waals surface area (Å²) in [5.41, 5.74) is 5.35. The highest BCUT2D eigenvalue weighted by molar-refractivity contribution is 5.92. The number of aromatic nitrogens is 2. The fourth-order valence-electron chi connectivity index (χ4n) is 2.44. The van der Waals surface area contributed by atoms with Crippen LogP contribution in [0.15, 0.2) is 54.7 Å². The molecule has 8 heteroatoms. The van der Waals surface area contributed by atoms with Crippen LogP contribution in [0, 0.1) is 0 Å². The van der Waals surface area contributed by atoms with E-state index >= 15 is 0 Å². The summed E-state index contributed by atoms with van der Waals surface area (Å²) in [6.45, 7) is 0. The summed E-state index contributed by atoms with van der Waals surface area (Å²) in [7, 11) is 1.50. The molecule has 2 N–H and O–H groups in total. The molecule has 0 saturated heterocycles. The van der Waals surface area contributed by atoms with Crippen LogP contribution in [0.25, 0.3) is 17.1 Å². The summed E-state index contributed by atoms with van der Waals surface area (Å²) in [5, 5.41) is 0. The van der Waals surface area contributed by atoms with Crippen LogP contribution in [0.3, 0.4) is 0 Å². The first-order valence-corrected chi connectivity index (χ1v) is 7.51. The lowest BCUT2D eigenvalue weighted by atomic mass is 10.1. The molecule has 0 aliphatic rings. The van der Waals surface area contributed by atoms with Crippen molar-refractivity contribution in [3.8, 4) is 22.8 Å². The molecule has 0 saturated carbocycles. The van der Waals surface area contributed by atoms with Gasteiger partial charge in [0.25, 0.3) is 0 Å². The molecule has 5 nitrogen and oxygen atoms in total. The molecule has 0 radical (unpaired) electrons. The lowest BCUT2D eigenvalue weighted by molar-refractivity contribution is -0.140. The van der Waals surface area contributed by atoms with Crippen molar-refractivity contribution in [3.05, 3.63) is 66.0 Å². The van der Waals surface area contributed by atoms with Crippen molar-refractivity contribution in [2.24, 2.45) is 5.73 Å². The zero-order valence-corrected chi connectivity index (χ0v) is 13.6. The first kappa shape index (κ1) is 17.5. The quantitative estimate of drug-likeness (QED) is 0.771. The van der Waals surface area contributed by atoms with Crippen LogP contribution >= 0.6 is 0 Å². The predicted octanol–water partition coefficient (Wildman–Crippen LogP) is 3.67. The Bertz CT molecular complexity index is 930. The Morgan fingerprint density at radius 2 is 1.69 bits per heavy atom. The number of ether oxygens (including phenoxy) is 1. The molecule has 1 heterocycles. The molecule has 0 spiro atoms. The van der Waals surface area contributed by atoms with Gasteiger partial charge in [0.1, 0.15) is 11.6 Å². The van der Waals surface area contributed by atoms with Gasteiger partial charge in [0.2, 0.25) is 5.91 Å². The first-order valence-electron chi connectivity index (χ1n) is 7.51. The van der Waals surface area contributed by atoms with E-state index in [-0.39, 0.29) is 11.4 Å².